The highest BCUT2D eigenvalue weighted by atomic mass is 79.9. The van der Waals surface area contributed by atoms with Crippen molar-refractivity contribution >= 4 is 32.6 Å². The maximum atomic E-state index is 12.8. The van der Waals surface area contributed by atoms with Crippen LogP contribution in [0.15, 0.2) is 65.1 Å². The van der Waals surface area contributed by atoms with Crippen LogP contribution in [-0.2, 0) is 4.79 Å². The Morgan fingerprint density at radius 2 is 1.83 bits per heavy atom. The van der Waals surface area contributed by atoms with Crippen molar-refractivity contribution in [3.8, 4) is 11.5 Å². The number of benzene rings is 3. The van der Waals surface area contributed by atoms with Gasteiger partial charge in [-0.25, -0.2) is 0 Å². The van der Waals surface area contributed by atoms with Gasteiger partial charge in [0.1, 0.15) is 17.1 Å². The Labute approximate surface area is 185 Å². The molecule has 0 saturated carbocycles. The average Bonchev–Trinajstić information content (AvgIpc) is 2.78. The Hall–Kier alpha value is -2.53. The van der Waals surface area contributed by atoms with Gasteiger partial charge in [-0.15, -0.1) is 0 Å². The first kappa shape index (κ1) is 20.7. The average molecular weight is 468 g/mol. The van der Waals surface area contributed by atoms with E-state index in [1.54, 1.807) is 0 Å². The summed E-state index contributed by atoms with van der Waals surface area (Å²) >= 11 is 3.61. The Bertz CT molecular complexity index is 1060. The van der Waals surface area contributed by atoms with Crippen LogP contribution in [0.2, 0.25) is 0 Å². The lowest BCUT2D eigenvalue weighted by molar-refractivity contribution is -0.124. The summed E-state index contributed by atoms with van der Waals surface area (Å²) in [5, 5.41) is 5.35. The van der Waals surface area contributed by atoms with Crippen LogP contribution in [0.1, 0.15) is 44.7 Å². The normalized spacial score (nSPS) is 17.1. The maximum absolute atomic E-state index is 12.8. The number of hydrogen-bond donors (Lipinski definition) is 1. The van der Waals surface area contributed by atoms with E-state index in [-0.39, 0.29) is 24.2 Å². The van der Waals surface area contributed by atoms with Gasteiger partial charge in [0.15, 0.2) is 6.61 Å². The zero-order chi connectivity index (χ0) is 21.1. The molecule has 5 heteroatoms. The molecule has 1 atom stereocenters. The number of hydrogen-bond acceptors (Lipinski definition) is 3. The van der Waals surface area contributed by atoms with Crippen LogP contribution < -0.4 is 14.8 Å². The lowest BCUT2D eigenvalue weighted by Crippen LogP contribution is -2.45. The Morgan fingerprint density at radius 3 is 2.63 bits per heavy atom. The Kier molecular flexibility index (Phi) is 6.00. The van der Waals surface area contributed by atoms with Crippen molar-refractivity contribution in [2.45, 2.75) is 44.8 Å². The summed E-state index contributed by atoms with van der Waals surface area (Å²) in [6.45, 7) is 4.23. The van der Waals surface area contributed by atoms with Gasteiger partial charge in [0, 0.05) is 12.0 Å². The number of carbonyl (C=O) groups is 1. The molecule has 0 fully saturated rings. The van der Waals surface area contributed by atoms with Gasteiger partial charge in [-0.2, -0.15) is 0 Å². The van der Waals surface area contributed by atoms with Gasteiger partial charge >= 0.3 is 0 Å². The van der Waals surface area contributed by atoms with Gasteiger partial charge in [-0.05, 0) is 51.7 Å². The predicted octanol–water partition coefficient (Wildman–Crippen LogP) is 6.18. The second-order valence-corrected chi connectivity index (χ2v) is 8.53. The Balaban J connectivity index is 1.48. The molecule has 4 nitrogen and oxygen atoms in total. The first-order chi connectivity index (χ1) is 14.5. The van der Waals surface area contributed by atoms with Crippen LogP contribution in [0.5, 0.6) is 11.5 Å². The number of halogens is 1. The zero-order valence-corrected chi connectivity index (χ0v) is 18.9. The van der Waals surface area contributed by atoms with E-state index in [0.717, 1.165) is 45.8 Å². The van der Waals surface area contributed by atoms with Crippen LogP contribution in [0.25, 0.3) is 10.8 Å². The highest BCUT2D eigenvalue weighted by molar-refractivity contribution is 9.10. The van der Waals surface area contributed by atoms with Gasteiger partial charge in [0.2, 0.25) is 0 Å². The molecule has 0 saturated heterocycles. The van der Waals surface area contributed by atoms with E-state index in [2.05, 4.69) is 35.1 Å². The molecule has 3 aromatic rings. The third-order valence-corrected chi connectivity index (χ3v) is 6.83. The molecule has 0 radical (unpaired) electrons. The molecule has 0 bridgehead atoms. The van der Waals surface area contributed by atoms with Gasteiger partial charge in [-0.1, -0.05) is 62.4 Å². The number of para-hydroxylation sites is 1. The zero-order valence-electron chi connectivity index (χ0n) is 17.3. The molecular weight excluding hydrogens is 442 g/mol. The third kappa shape index (κ3) is 4.04. The fourth-order valence-corrected chi connectivity index (χ4v) is 4.74. The van der Waals surface area contributed by atoms with Crippen LogP contribution in [0.3, 0.4) is 0 Å². The quantitative estimate of drug-likeness (QED) is 0.470. The summed E-state index contributed by atoms with van der Waals surface area (Å²) in [5.41, 5.74) is 0.768. The smallest absolute Gasteiger partial charge is 0.258 e. The number of amides is 1. The lowest BCUT2D eigenvalue weighted by Gasteiger charge is -2.41. The predicted molar refractivity (Wildman–Crippen MR) is 123 cm³/mol. The van der Waals surface area contributed by atoms with Crippen molar-refractivity contribution in [1.82, 2.24) is 5.32 Å². The largest absolute Gasteiger partial charge is 0.487 e. The number of rotatable bonds is 6. The molecule has 0 aliphatic carbocycles. The van der Waals surface area contributed by atoms with E-state index in [1.165, 1.54) is 0 Å². The SMILES string of the molecule is CCC1(CC)C[C@H](NC(=O)COc2ccc3ccccc3c2Br)c2ccccc2O1. The van der Waals surface area contributed by atoms with Crippen molar-refractivity contribution in [1.29, 1.82) is 0 Å². The van der Waals surface area contributed by atoms with Crippen LogP contribution in [0, 0.1) is 0 Å². The highest BCUT2D eigenvalue weighted by Gasteiger charge is 2.38. The van der Waals surface area contributed by atoms with Crippen LogP contribution in [0.4, 0.5) is 0 Å². The standard InChI is InChI=1S/C25H26BrNO3/c1-3-25(4-2)15-20(19-11-7-8-12-21(19)30-25)27-23(28)16-29-22-14-13-17-9-5-6-10-18(17)24(22)26/h5-14,20H,3-4,15-16H2,1-2H3,(H,27,28)/t20-/m0/s1. The summed E-state index contributed by atoms with van der Waals surface area (Å²) in [5.74, 6) is 1.38. The summed E-state index contributed by atoms with van der Waals surface area (Å²) in [6.07, 6.45) is 2.54. The first-order valence-corrected chi connectivity index (χ1v) is 11.2. The summed E-state index contributed by atoms with van der Waals surface area (Å²) < 4.78 is 13.0. The van der Waals surface area contributed by atoms with Crippen molar-refractivity contribution in [2.24, 2.45) is 0 Å². The molecule has 1 aliphatic heterocycles. The van der Waals surface area contributed by atoms with Gasteiger partial charge < -0.3 is 14.8 Å². The number of carbonyl (C=O) groups excluding carboxylic acids is 1. The van der Waals surface area contributed by atoms with Crippen molar-refractivity contribution in [3.63, 3.8) is 0 Å². The molecule has 0 aromatic heterocycles. The van der Waals surface area contributed by atoms with Gasteiger partial charge in [0.05, 0.1) is 10.5 Å². The molecule has 1 heterocycles. The third-order valence-electron chi connectivity index (χ3n) is 6.01. The van der Waals surface area contributed by atoms with Crippen LogP contribution in [-0.4, -0.2) is 18.1 Å². The highest BCUT2D eigenvalue weighted by Crippen LogP contribution is 2.42. The fourth-order valence-electron chi connectivity index (χ4n) is 4.13. The molecule has 156 valence electrons. The van der Waals surface area contributed by atoms with Crippen molar-refractivity contribution < 1.29 is 14.3 Å². The summed E-state index contributed by atoms with van der Waals surface area (Å²) in [6, 6.07) is 19.8. The first-order valence-electron chi connectivity index (χ1n) is 10.4. The van der Waals surface area contributed by atoms with Crippen molar-refractivity contribution in [2.75, 3.05) is 6.61 Å². The maximum Gasteiger partial charge on any atom is 0.258 e. The topological polar surface area (TPSA) is 47.6 Å². The molecule has 4 rings (SSSR count). The molecule has 1 N–H and O–H groups in total. The van der Waals surface area contributed by atoms with Crippen LogP contribution >= 0.6 is 15.9 Å². The Morgan fingerprint density at radius 1 is 1.10 bits per heavy atom. The van der Waals surface area contributed by atoms with Gasteiger partial charge in [-0.3, -0.25) is 4.79 Å². The van der Waals surface area contributed by atoms with E-state index in [9.17, 15) is 4.79 Å². The van der Waals surface area contributed by atoms with E-state index in [1.807, 2.05) is 60.7 Å². The second-order valence-electron chi connectivity index (χ2n) is 7.74. The molecule has 1 aliphatic rings. The monoisotopic (exact) mass is 467 g/mol. The minimum Gasteiger partial charge on any atom is -0.487 e. The number of ether oxygens (including phenoxy) is 2. The van der Waals surface area contributed by atoms with Crippen molar-refractivity contribution in [3.05, 3.63) is 70.7 Å². The molecule has 1 amide bonds. The number of fused-ring (bicyclic) bond motifs is 2. The minimum atomic E-state index is -0.255. The van der Waals surface area contributed by atoms with E-state index < -0.39 is 0 Å². The second kappa shape index (κ2) is 8.68. The van der Waals surface area contributed by atoms with E-state index in [0.29, 0.717) is 5.75 Å². The molecule has 30 heavy (non-hydrogen) atoms. The van der Waals surface area contributed by atoms with E-state index >= 15 is 0 Å². The molecular formula is C25H26BrNO3. The summed E-state index contributed by atoms with van der Waals surface area (Å²) in [7, 11) is 0. The fraction of sp³-hybridized carbons (Fsp3) is 0.320. The minimum absolute atomic E-state index is 0.0400. The number of nitrogens with one attached hydrogen (secondary N) is 1. The molecule has 0 unspecified atom stereocenters. The van der Waals surface area contributed by atoms with E-state index in [4.69, 9.17) is 9.47 Å². The molecule has 3 aromatic carbocycles. The van der Waals surface area contributed by atoms with Gasteiger partial charge in [0.25, 0.3) is 5.91 Å². The summed E-state index contributed by atoms with van der Waals surface area (Å²) in [4.78, 5) is 12.8. The molecule has 0 spiro atoms. The lowest BCUT2D eigenvalue weighted by atomic mass is 9.83.